The van der Waals surface area contributed by atoms with E-state index >= 15 is 0 Å². The Bertz CT molecular complexity index is 1010. The third kappa shape index (κ3) is 6.26. The summed E-state index contributed by atoms with van der Waals surface area (Å²) in [7, 11) is 1.63. The first kappa shape index (κ1) is 22.7. The molecule has 0 aliphatic heterocycles. The lowest BCUT2D eigenvalue weighted by Gasteiger charge is -2.13. The smallest absolute Gasteiger partial charge is 0.333 e. The van der Waals surface area contributed by atoms with Crippen molar-refractivity contribution >= 4 is 17.3 Å². The van der Waals surface area contributed by atoms with Gasteiger partial charge in [0.15, 0.2) is 17.7 Å². The second-order valence-electron chi connectivity index (χ2n) is 6.72. The molecule has 2 aromatic carbocycles. The van der Waals surface area contributed by atoms with Gasteiger partial charge in [-0.15, -0.1) is 11.3 Å². The molecule has 0 fully saturated rings. The number of aromatic nitrogens is 1. The van der Waals surface area contributed by atoms with Crippen LogP contribution in [0.1, 0.15) is 18.2 Å². The molecule has 0 radical (unpaired) electrons. The molecule has 0 amide bonds. The summed E-state index contributed by atoms with van der Waals surface area (Å²) >= 11 is 1.54. The van der Waals surface area contributed by atoms with E-state index in [0.717, 1.165) is 22.0 Å². The van der Waals surface area contributed by atoms with E-state index in [9.17, 15) is 9.18 Å². The minimum Gasteiger partial charge on any atom is -0.497 e. The Hall–Kier alpha value is -2.97. The van der Waals surface area contributed by atoms with Gasteiger partial charge < -0.3 is 19.3 Å². The molecule has 31 heavy (non-hydrogen) atoms. The number of ether oxygens (including phenoxy) is 3. The maximum Gasteiger partial charge on any atom is 0.333 e. The van der Waals surface area contributed by atoms with Gasteiger partial charge in [0, 0.05) is 30.4 Å². The molecule has 164 valence electrons. The Morgan fingerprint density at radius 3 is 2.65 bits per heavy atom. The van der Waals surface area contributed by atoms with Crippen molar-refractivity contribution in [2.75, 3.05) is 20.3 Å². The lowest BCUT2D eigenvalue weighted by molar-refractivity contribution is -0.149. The number of carbonyl (C=O) groups is 1. The van der Waals surface area contributed by atoms with E-state index in [-0.39, 0.29) is 25.4 Å². The van der Waals surface area contributed by atoms with Crippen LogP contribution < -0.4 is 9.47 Å². The maximum absolute atomic E-state index is 14.4. The molecule has 1 aromatic heterocycles. The number of halogens is 1. The zero-order chi connectivity index (χ0) is 22.2. The first-order valence-electron chi connectivity index (χ1n) is 9.84. The number of rotatable bonds is 11. The summed E-state index contributed by atoms with van der Waals surface area (Å²) in [5.74, 6) is -0.689. The van der Waals surface area contributed by atoms with Crippen molar-refractivity contribution < 1.29 is 28.5 Å². The van der Waals surface area contributed by atoms with Crippen LogP contribution in [0.2, 0.25) is 0 Å². The molecule has 0 spiro atoms. The summed E-state index contributed by atoms with van der Waals surface area (Å²) in [5.41, 5.74) is 2.41. The molecule has 1 atom stereocenters. The molecule has 0 saturated heterocycles. The Labute approximate surface area is 184 Å². The van der Waals surface area contributed by atoms with Gasteiger partial charge in [-0.2, -0.15) is 0 Å². The van der Waals surface area contributed by atoms with Crippen LogP contribution in [0.5, 0.6) is 11.5 Å². The van der Waals surface area contributed by atoms with Crippen LogP contribution in [0.3, 0.4) is 0 Å². The number of carboxylic acid groups (broad SMARTS) is 1. The van der Waals surface area contributed by atoms with Gasteiger partial charge in [0.25, 0.3) is 0 Å². The van der Waals surface area contributed by atoms with Crippen molar-refractivity contribution in [2.45, 2.75) is 25.9 Å². The van der Waals surface area contributed by atoms with Crippen molar-refractivity contribution in [3.63, 3.8) is 0 Å². The first-order chi connectivity index (χ1) is 15.0. The number of aliphatic carboxylic acids is 1. The predicted octanol–water partition coefficient (Wildman–Crippen LogP) is 4.61. The normalized spacial score (nSPS) is 11.8. The van der Waals surface area contributed by atoms with Crippen molar-refractivity contribution in [3.8, 4) is 22.1 Å². The van der Waals surface area contributed by atoms with Crippen LogP contribution in [-0.2, 0) is 22.4 Å². The first-order valence-corrected chi connectivity index (χ1v) is 10.7. The van der Waals surface area contributed by atoms with E-state index in [4.69, 9.17) is 19.3 Å². The van der Waals surface area contributed by atoms with Gasteiger partial charge in [0.1, 0.15) is 10.8 Å². The van der Waals surface area contributed by atoms with Crippen LogP contribution in [0, 0.1) is 5.82 Å². The van der Waals surface area contributed by atoms with Gasteiger partial charge in [-0.05, 0) is 48.9 Å². The summed E-state index contributed by atoms with van der Waals surface area (Å²) in [4.78, 5) is 15.8. The third-order valence-electron chi connectivity index (χ3n) is 4.57. The standard InChI is InChI=1S/C23H24FNO5S/c1-3-29-21(23(26)27)13-15-4-9-20(19(24)12-15)30-11-10-17-14-31-22(25-17)16-5-7-18(28-2)8-6-16/h4-9,12,14,21H,3,10-11,13H2,1-2H3,(H,26,27). The maximum atomic E-state index is 14.4. The van der Waals surface area contributed by atoms with Crippen LogP contribution in [-0.4, -0.2) is 42.5 Å². The lowest BCUT2D eigenvalue weighted by atomic mass is 10.1. The van der Waals surface area contributed by atoms with Gasteiger partial charge in [-0.3, -0.25) is 0 Å². The SMILES string of the molecule is CCOC(Cc1ccc(OCCc2csc(-c3ccc(OC)cc3)n2)c(F)c1)C(=O)O. The Morgan fingerprint density at radius 2 is 2.00 bits per heavy atom. The highest BCUT2D eigenvalue weighted by molar-refractivity contribution is 7.13. The molecular formula is C23H24FNO5S. The average molecular weight is 446 g/mol. The summed E-state index contributed by atoms with van der Waals surface area (Å²) in [5, 5.41) is 12.0. The van der Waals surface area contributed by atoms with Crippen LogP contribution in [0.25, 0.3) is 10.6 Å². The Kier molecular flexibility index (Phi) is 7.97. The van der Waals surface area contributed by atoms with E-state index in [2.05, 4.69) is 4.98 Å². The van der Waals surface area contributed by atoms with E-state index in [1.54, 1.807) is 20.1 Å². The van der Waals surface area contributed by atoms with Crippen molar-refractivity contribution in [1.82, 2.24) is 4.98 Å². The zero-order valence-corrected chi connectivity index (χ0v) is 18.2. The summed E-state index contributed by atoms with van der Waals surface area (Å²) in [6.45, 7) is 2.27. The van der Waals surface area contributed by atoms with Crippen LogP contribution in [0.15, 0.2) is 47.8 Å². The van der Waals surface area contributed by atoms with E-state index in [1.807, 2.05) is 29.6 Å². The van der Waals surface area contributed by atoms with Gasteiger partial charge in [-0.25, -0.2) is 14.2 Å². The van der Waals surface area contributed by atoms with Crippen molar-refractivity contribution in [3.05, 3.63) is 64.9 Å². The average Bonchev–Trinajstić information content (AvgIpc) is 3.24. The molecule has 1 unspecified atom stereocenters. The topological polar surface area (TPSA) is 77.9 Å². The van der Waals surface area contributed by atoms with Gasteiger partial charge in [0.05, 0.1) is 19.4 Å². The van der Waals surface area contributed by atoms with Gasteiger partial charge >= 0.3 is 5.97 Å². The second kappa shape index (κ2) is 10.9. The Morgan fingerprint density at radius 1 is 1.23 bits per heavy atom. The molecule has 3 aromatic rings. The molecule has 1 heterocycles. The molecule has 3 rings (SSSR count). The number of carboxylic acids is 1. The second-order valence-corrected chi connectivity index (χ2v) is 7.58. The number of hydrogen-bond donors (Lipinski definition) is 1. The summed E-state index contributed by atoms with van der Waals surface area (Å²) in [6, 6.07) is 12.1. The minimum absolute atomic E-state index is 0.0906. The van der Waals surface area contributed by atoms with Crippen LogP contribution in [0.4, 0.5) is 4.39 Å². The summed E-state index contributed by atoms with van der Waals surface area (Å²) in [6.07, 6.45) is -0.368. The fourth-order valence-electron chi connectivity index (χ4n) is 2.97. The largest absolute Gasteiger partial charge is 0.497 e. The lowest BCUT2D eigenvalue weighted by Crippen LogP contribution is -2.26. The number of nitrogens with zero attached hydrogens (tertiary/aromatic N) is 1. The number of methoxy groups -OCH3 is 1. The third-order valence-corrected chi connectivity index (χ3v) is 5.51. The molecule has 8 heteroatoms. The van der Waals surface area contributed by atoms with Crippen LogP contribution >= 0.6 is 11.3 Å². The number of benzene rings is 2. The van der Waals surface area contributed by atoms with Gasteiger partial charge in [0.2, 0.25) is 0 Å². The molecule has 6 nitrogen and oxygen atoms in total. The molecule has 0 saturated carbocycles. The fourth-order valence-corrected chi connectivity index (χ4v) is 3.84. The van der Waals surface area contributed by atoms with E-state index < -0.39 is 17.9 Å². The van der Waals surface area contributed by atoms with E-state index in [0.29, 0.717) is 12.0 Å². The van der Waals surface area contributed by atoms with Gasteiger partial charge in [-0.1, -0.05) is 6.07 Å². The molecule has 0 aliphatic rings. The quantitative estimate of drug-likeness (QED) is 0.464. The van der Waals surface area contributed by atoms with Crippen molar-refractivity contribution in [1.29, 1.82) is 0 Å². The van der Waals surface area contributed by atoms with Crippen molar-refractivity contribution in [2.24, 2.45) is 0 Å². The fraction of sp³-hybridized carbons (Fsp3) is 0.304. The highest BCUT2D eigenvalue weighted by Crippen LogP contribution is 2.26. The number of thiazole rings is 1. The molecule has 0 bridgehead atoms. The minimum atomic E-state index is -1.07. The highest BCUT2D eigenvalue weighted by atomic mass is 32.1. The predicted molar refractivity (Wildman–Crippen MR) is 116 cm³/mol. The molecule has 1 N–H and O–H groups in total. The van der Waals surface area contributed by atoms with E-state index in [1.165, 1.54) is 23.5 Å². The molecule has 0 aliphatic carbocycles. The molecular weight excluding hydrogens is 421 g/mol. The Balaban J connectivity index is 1.54. The zero-order valence-electron chi connectivity index (χ0n) is 17.3. The highest BCUT2D eigenvalue weighted by Gasteiger charge is 2.19. The number of hydrogen-bond acceptors (Lipinski definition) is 6. The summed E-state index contributed by atoms with van der Waals surface area (Å²) < 4.78 is 30.3. The monoisotopic (exact) mass is 445 g/mol.